The Balaban J connectivity index is 2.57. The van der Waals surface area contributed by atoms with Crippen molar-refractivity contribution in [2.24, 2.45) is 0 Å². The molecule has 0 spiro atoms. The van der Waals surface area contributed by atoms with Crippen LogP contribution in [0.4, 0.5) is 5.00 Å². The first-order valence-corrected chi connectivity index (χ1v) is 6.42. The number of nitrogens with one attached hydrogen (secondary N) is 2. The summed E-state index contributed by atoms with van der Waals surface area (Å²) in [5.41, 5.74) is 0.494. The summed E-state index contributed by atoms with van der Waals surface area (Å²) in [6.07, 6.45) is 0.300. The largest absolute Gasteiger partial charge is 0.478 e. The molecule has 1 amide bonds. The van der Waals surface area contributed by atoms with Crippen LogP contribution < -0.4 is 10.6 Å². The molecule has 1 heterocycles. The van der Waals surface area contributed by atoms with Gasteiger partial charge in [0.15, 0.2) is 0 Å². The summed E-state index contributed by atoms with van der Waals surface area (Å²) in [7, 11) is 0. The molecule has 7 heteroatoms. The van der Waals surface area contributed by atoms with Crippen molar-refractivity contribution in [3.8, 4) is 0 Å². The second-order valence-electron chi connectivity index (χ2n) is 4.18. The molecule has 0 fully saturated rings. The van der Waals surface area contributed by atoms with Crippen molar-refractivity contribution in [2.75, 3.05) is 11.9 Å². The van der Waals surface area contributed by atoms with Gasteiger partial charge in [0.05, 0.1) is 5.69 Å². The van der Waals surface area contributed by atoms with Crippen molar-refractivity contribution < 1.29 is 14.7 Å². The number of aryl methyl sites for hydroxylation is 1. The Morgan fingerprint density at radius 1 is 1.44 bits per heavy atom. The molecule has 6 nitrogen and oxygen atoms in total. The number of carbonyl (C=O) groups excluding carboxylic acids is 1. The smallest absolute Gasteiger partial charge is 0.340 e. The van der Waals surface area contributed by atoms with E-state index < -0.39 is 5.97 Å². The molecule has 0 aliphatic rings. The van der Waals surface area contributed by atoms with Crippen molar-refractivity contribution in [3.63, 3.8) is 0 Å². The maximum absolute atomic E-state index is 11.6. The average Bonchev–Trinajstić information content (AvgIpc) is 2.58. The number of hydrogen-bond donors (Lipinski definition) is 3. The SMILES string of the molecule is Cc1nsc(NC(=O)CCNC(C)C)c1C(=O)O. The van der Waals surface area contributed by atoms with Crippen LogP contribution in [0, 0.1) is 6.92 Å². The number of anilines is 1. The number of rotatable bonds is 6. The molecular formula is C11H17N3O3S. The fraction of sp³-hybridized carbons (Fsp3) is 0.545. The van der Waals surface area contributed by atoms with Crippen LogP contribution in [0.3, 0.4) is 0 Å². The zero-order valence-electron chi connectivity index (χ0n) is 10.6. The normalized spacial score (nSPS) is 10.7. The highest BCUT2D eigenvalue weighted by Crippen LogP contribution is 2.24. The average molecular weight is 271 g/mol. The molecule has 100 valence electrons. The second-order valence-corrected chi connectivity index (χ2v) is 4.96. The number of amides is 1. The third-order valence-electron chi connectivity index (χ3n) is 2.23. The van der Waals surface area contributed by atoms with Crippen molar-refractivity contribution >= 4 is 28.4 Å². The molecule has 3 N–H and O–H groups in total. The third kappa shape index (κ3) is 4.08. The van der Waals surface area contributed by atoms with Crippen LogP contribution in [-0.4, -0.2) is 33.9 Å². The van der Waals surface area contributed by atoms with Gasteiger partial charge in [0, 0.05) is 19.0 Å². The Morgan fingerprint density at radius 2 is 2.11 bits per heavy atom. The molecule has 0 aromatic carbocycles. The lowest BCUT2D eigenvalue weighted by Crippen LogP contribution is -2.27. The number of aromatic carboxylic acids is 1. The summed E-state index contributed by atoms with van der Waals surface area (Å²) >= 11 is 0.989. The zero-order chi connectivity index (χ0) is 13.7. The van der Waals surface area contributed by atoms with Gasteiger partial charge in [-0.25, -0.2) is 4.79 Å². The number of carboxylic acid groups (broad SMARTS) is 1. The van der Waals surface area contributed by atoms with Crippen LogP contribution in [0.15, 0.2) is 0 Å². The predicted molar refractivity (Wildman–Crippen MR) is 70.2 cm³/mol. The second kappa shape index (κ2) is 6.46. The highest BCUT2D eigenvalue weighted by molar-refractivity contribution is 7.11. The van der Waals surface area contributed by atoms with Crippen molar-refractivity contribution in [3.05, 3.63) is 11.3 Å². The number of nitrogens with zero attached hydrogens (tertiary/aromatic N) is 1. The fourth-order valence-electron chi connectivity index (χ4n) is 1.37. The summed E-state index contributed by atoms with van der Waals surface area (Å²) in [5, 5.41) is 15.0. The van der Waals surface area contributed by atoms with E-state index in [2.05, 4.69) is 15.0 Å². The van der Waals surface area contributed by atoms with Gasteiger partial charge in [-0.3, -0.25) is 4.79 Å². The molecule has 0 atom stereocenters. The Kier molecular flexibility index (Phi) is 5.24. The first-order chi connectivity index (χ1) is 8.41. The van der Waals surface area contributed by atoms with Gasteiger partial charge >= 0.3 is 5.97 Å². The fourth-order valence-corrected chi connectivity index (χ4v) is 2.18. The summed E-state index contributed by atoms with van der Waals surface area (Å²) < 4.78 is 3.93. The van der Waals surface area contributed by atoms with Crippen LogP contribution in [0.5, 0.6) is 0 Å². The van der Waals surface area contributed by atoms with E-state index in [1.807, 2.05) is 13.8 Å². The monoisotopic (exact) mass is 271 g/mol. The van der Waals surface area contributed by atoms with Gasteiger partial charge in [-0.1, -0.05) is 13.8 Å². The van der Waals surface area contributed by atoms with E-state index in [1.54, 1.807) is 6.92 Å². The molecule has 0 bridgehead atoms. The molecule has 0 aliphatic carbocycles. The molecule has 0 unspecified atom stereocenters. The van der Waals surface area contributed by atoms with Crippen LogP contribution in [0.2, 0.25) is 0 Å². The van der Waals surface area contributed by atoms with E-state index in [0.717, 1.165) is 11.5 Å². The minimum Gasteiger partial charge on any atom is -0.478 e. The Labute approximate surface area is 110 Å². The first kappa shape index (κ1) is 14.6. The Bertz CT molecular complexity index is 443. The third-order valence-corrected chi connectivity index (χ3v) is 3.09. The van der Waals surface area contributed by atoms with E-state index in [9.17, 15) is 9.59 Å². The van der Waals surface area contributed by atoms with Crippen molar-refractivity contribution in [1.82, 2.24) is 9.69 Å². The molecule has 1 aromatic heterocycles. The molecule has 1 aromatic rings. The lowest BCUT2D eigenvalue weighted by molar-refractivity contribution is -0.116. The molecule has 18 heavy (non-hydrogen) atoms. The number of carbonyl (C=O) groups is 2. The van der Waals surface area contributed by atoms with Gasteiger partial charge in [0.1, 0.15) is 10.6 Å². The lowest BCUT2D eigenvalue weighted by Gasteiger charge is -2.07. The van der Waals surface area contributed by atoms with E-state index in [4.69, 9.17) is 5.11 Å². The summed E-state index contributed by atoms with van der Waals surface area (Å²) in [4.78, 5) is 22.6. The van der Waals surface area contributed by atoms with E-state index >= 15 is 0 Å². The molecule has 0 saturated heterocycles. The topological polar surface area (TPSA) is 91.3 Å². The molecule has 0 radical (unpaired) electrons. The van der Waals surface area contributed by atoms with Crippen LogP contribution in [0.25, 0.3) is 0 Å². The summed E-state index contributed by atoms with van der Waals surface area (Å²) in [6.45, 7) is 6.15. The molecule has 0 saturated carbocycles. The summed E-state index contributed by atoms with van der Waals surface area (Å²) in [5.74, 6) is -1.29. The van der Waals surface area contributed by atoms with Gasteiger partial charge in [-0.05, 0) is 18.5 Å². The van der Waals surface area contributed by atoms with Gasteiger partial charge in [0.25, 0.3) is 0 Å². The minimum absolute atomic E-state index is 0.0742. The van der Waals surface area contributed by atoms with Crippen molar-refractivity contribution in [1.29, 1.82) is 0 Å². The molecular weight excluding hydrogens is 254 g/mol. The van der Waals surface area contributed by atoms with Gasteiger partial charge in [-0.2, -0.15) is 4.37 Å². The Hall–Kier alpha value is -1.47. The maximum Gasteiger partial charge on any atom is 0.340 e. The van der Waals surface area contributed by atoms with Crippen molar-refractivity contribution in [2.45, 2.75) is 33.2 Å². The van der Waals surface area contributed by atoms with E-state index in [-0.39, 0.29) is 11.5 Å². The van der Waals surface area contributed by atoms with Gasteiger partial charge in [-0.15, -0.1) is 0 Å². The Morgan fingerprint density at radius 3 is 2.67 bits per heavy atom. The maximum atomic E-state index is 11.6. The molecule has 1 rings (SSSR count). The quantitative estimate of drug-likeness (QED) is 0.729. The van der Waals surface area contributed by atoms with E-state index in [1.165, 1.54) is 0 Å². The van der Waals surface area contributed by atoms with Gasteiger partial charge < -0.3 is 15.7 Å². The zero-order valence-corrected chi connectivity index (χ0v) is 11.4. The number of carboxylic acids is 1. The number of hydrogen-bond acceptors (Lipinski definition) is 5. The van der Waals surface area contributed by atoms with Crippen LogP contribution in [0.1, 0.15) is 36.3 Å². The first-order valence-electron chi connectivity index (χ1n) is 5.64. The summed E-state index contributed by atoms with van der Waals surface area (Å²) in [6, 6.07) is 0.318. The van der Waals surface area contributed by atoms with E-state index in [0.29, 0.717) is 29.7 Å². The van der Waals surface area contributed by atoms with Crippen LogP contribution in [-0.2, 0) is 4.79 Å². The minimum atomic E-state index is -1.07. The predicted octanol–water partition coefficient (Wildman–Crippen LogP) is 1.48. The standard InChI is InChI=1S/C11H17N3O3S/c1-6(2)12-5-4-8(15)13-10-9(11(16)17)7(3)14-18-10/h6,12H,4-5H2,1-3H3,(H,13,15)(H,16,17). The lowest BCUT2D eigenvalue weighted by atomic mass is 10.2. The number of aromatic nitrogens is 1. The highest BCUT2D eigenvalue weighted by Gasteiger charge is 2.18. The van der Waals surface area contributed by atoms with Crippen LogP contribution >= 0.6 is 11.5 Å². The molecule has 0 aliphatic heterocycles. The van der Waals surface area contributed by atoms with Gasteiger partial charge in [0.2, 0.25) is 5.91 Å². The highest BCUT2D eigenvalue weighted by atomic mass is 32.1.